The highest BCUT2D eigenvalue weighted by Crippen LogP contribution is 2.38. The lowest BCUT2D eigenvalue weighted by Crippen LogP contribution is -2.54. The van der Waals surface area contributed by atoms with Crippen LogP contribution in [0, 0.1) is 0 Å². The molecule has 0 spiro atoms. The Labute approximate surface area is 201 Å². The van der Waals surface area contributed by atoms with E-state index in [1.54, 1.807) is 21.3 Å². The molecule has 0 heterocycles. The number of rotatable bonds is 8. The second kappa shape index (κ2) is 10.5. The van der Waals surface area contributed by atoms with Gasteiger partial charge in [0.2, 0.25) is 0 Å². The largest absolute Gasteiger partial charge is 0.497 e. The predicted octanol–water partition coefficient (Wildman–Crippen LogP) is 5.03. The third kappa shape index (κ3) is 5.61. The van der Waals surface area contributed by atoms with E-state index in [2.05, 4.69) is 10.9 Å². The molecule has 34 heavy (non-hydrogen) atoms. The van der Waals surface area contributed by atoms with Crippen molar-refractivity contribution in [3.63, 3.8) is 0 Å². The van der Waals surface area contributed by atoms with Crippen LogP contribution in [-0.4, -0.2) is 33.0 Å². The molecule has 0 radical (unpaired) electrons. The van der Waals surface area contributed by atoms with Crippen molar-refractivity contribution in [3.05, 3.63) is 89.5 Å². The number of carbonyl (C=O) groups is 1. The summed E-state index contributed by atoms with van der Waals surface area (Å²) in [6.45, 7) is 5.45. The number of nitrogens with one attached hydrogen (secondary N) is 2. The van der Waals surface area contributed by atoms with Crippen molar-refractivity contribution in [1.29, 1.82) is 0 Å². The zero-order valence-electron chi connectivity index (χ0n) is 20.5. The van der Waals surface area contributed by atoms with Crippen molar-refractivity contribution in [2.45, 2.75) is 31.9 Å². The fourth-order valence-corrected chi connectivity index (χ4v) is 3.69. The molecule has 3 aromatic carbocycles. The molecule has 3 aromatic rings. The van der Waals surface area contributed by atoms with Crippen LogP contribution < -0.4 is 25.1 Å². The summed E-state index contributed by atoms with van der Waals surface area (Å²) in [7, 11) is 4.87. The summed E-state index contributed by atoms with van der Waals surface area (Å²) in [6, 6.07) is 23.0. The molecule has 7 nitrogen and oxygen atoms in total. The van der Waals surface area contributed by atoms with Crippen molar-refractivity contribution in [1.82, 2.24) is 10.9 Å². The minimum atomic E-state index is -0.971. The van der Waals surface area contributed by atoms with E-state index >= 15 is 0 Å². The van der Waals surface area contributed by atoms with Gasteiger partial charge in [-0.15, -0.1) is 0 Å². The van der Waals surface area contributed by atoms with Gasteiger partial charge in [0.05, 0.1) is 21.3 Å². The smallest absolute Gasteiger partial charge is 0.422 e. The van der Waals surface area contributed by atoms with E-state index in [-0.39, 0.29) is 0 Å². The van der Waals surface area contributed by atoms with Gasteiger partial charge in [-0.2, -0.15) is 0 Å². The number of benzene rings is 3. The molecule has 0 fully saturated rings. The molecule has 0 saturated heterocycles. The van der Waals surface area contributed by atoms with Crippen LogP contribution in [0.4, 0.5) is 4.79 Å². The Balaban J connectivity index is 2.18. The molecular formula is C27H32N2O5. The standard InChI is InChI=1S/C27H32N2O5/c1-26(2,3)34-25(30)28-29-27(19-7-13-22(31-4)14-8-19,20-9-15-23(32-5)16-10-20)21-11-17-24(33-6)18-12-21/h7-18,29H,1-6H3,(H,28,30). The lowest BCUT2D eigenvalue weighted by atomic mass is 9.77. The van der Waals surface area contributed by atoms with Gasteiger partial charge in [0.15, 0.2) is 0 Å². The normalized spacial score (nSPS) is 11.5. The first-order valence-electron chi connectivity index (χ1n) is 10.9. The zero-order valence-corrected chi connectivity index (χ0v) is 20.5. The van der Waals surface area contributed by atoms with Gasteiger partial charge in [0.25, 0.3) is 0 Å². The van der Waals surface area contributed by atoms with E-state index in [1.807, 2.05) is 93.6 Å². The molecule has 0 aromatic heterocycles. The number of hydrogen-bond donors (Lipinski definition) is 2. The Kier molecular flexibility index (Phi) is 7.68. The van der Waals surface area contributed by atoms with Crippen LogP contribution in [0.25, 0.3) is 0 Å². The summed E-state index contributed by atoms with van der Waals surface area (Å²) in [5.41, 5.74) is 7.04. The highest BCUT2D eigenvalue weighted by molar-refractivity contribution is 5.67. The maximum absolute atomic E-state index is 12.6. The Morgan fingerprint density at radius 2 is 0.941 bits per heavy atom. The second-order valence-electron chi connectivity index (χ2n) is 8.69. The van der Waals surface area contributed by atoms with Crippen molar-refractivity contribution in [3.8, 4) is 17.2 Å². The Morgan fingerprint density at radius 1 is 0.618 bits per heavy atom. The van der Waals surface area contributed by atoms with Crippen molar-refractivity contribution in [2.75, 3.05) is 21.3 Å². The van der Waals surface area contributed by atoms with E-state index in [9.17, 15) is 4.79 Å². The topological polar surface area (TPSA) is 78.1 Å². The summed E-state index contributed by atoms with van der Waals surface area (Å²) in [5.74, 6) is 2.17. The van der Waals surface area contributed by atoms with Gasteiger partial charge in [0.1, 0.15) is 28.4 Å². The highest BCUT2D eigenvalue weighted by Gasteiger charge is 2.37. The molecule has 2 N–H and O–H groups in total. The maximum Gasteiger partial charge on any atom is 0.422 e. The molecule has 3 rings (SSSR count). The molecule has 0 saturated carbocycles. The Bertz CT molecular complexity index is 956. The van der Waals surface area contributed by atoms with Gasteiger partial charge < -0.3 is 18.9 Å². The van der Waals surface area contributed by atoms with Crippen LogP contribution in [0.3, 0.4) is 0 Å². The van der Waals surface area contributed by atoms with E-state index < -0.39 is 17.2 Å². The number of methoxy groups -OCH3 is 3. The van der Waals surface area contributed by atoms with Gasteiger partial charge in [0, 0.05) is 0 Å². The average Bonchev–Trinajstić information content (AvgIpc) is 2.84. The molecule has 0 aliphatic rings. The average molecular weight is 465 g/mol. The first kappa shape index (κ1) is 24.9. The minimum absolute atomic E-state index is 0.590. The van der Waals surface area contributed by atoms with Crippen LogP contribution in [0.15, 0.2) is 72.8 Å². The summed E-state index contributed by atoms with van der Waals surface area (Å²) in [5, 5.41) is 0. The van der Waals surface area contributed by atoms with Gasteiger partial charge in [-0.3, -0.25) is 5.43 Å². The maximum atomic E-state index is 12.6. The SMILES string of the molecule is COc1ccc(C(NNC(=O)OC(C)(C)C)(c2ccc(OC)cc2)c2ccc(OC)cc2)cc1. The Hall–Kier alpha value is -3.71. The molecular weight excluding hydrogens is 432 g/mol. The lowest BCUT2D eigenvalue weighted by molar-refractivity contribution is 0.0480. The zero-order chi connectivity index (χ0) is 24.8. The van der Waals surface area contributed by atoms with E-state index in [1.165, 1.54) is 0 Å². The highest BCUT2D eigenvalue weighted by atomic mass is 16.6. The monoisotopic (exact) mass is 464 g/mol. The number of hydrazine groups is 1. The third-order valence-electron chi connectivity index (χ3n) is 5.32. The van der Waals surface area contributed by atoms with Crippen LogP contribution >= 0.6 is 0 Å². The predicted molar refractivity (Wildman–Crippen MR) is 131 cm³/mol. The minimum Gasteiger partial charge on any atom is -0.497 e. The van der Waals surface area contributed by atoms with Crippen molar-refractivity contribution < 1.29 is 23.7 Å². The van der Waals surface area contributed by atoms with Crippen LogP contribution in [-0.2, 0) is 10.3 Å². The second-order valence-corrected chi connectivity index (χ2v) is 8.69. The first-order chi connectivity index (χ1) is 16.2. The molecule has 1 amide bonds. The van der Waals surface area contributed by atoms with Crippen LogP contribution in [0.5, 0.6) is 17.2 Å². The number of carbonyl (C=O) groups excluding carboxylic acids is 1. The molecule has 0 bridgehead atoms. The van der Waals surface area contributed by atoms with Gasteiger partial charge >= 0.3 is 6.09 Å². The first-order valence-corrected chi connectivity index (χ1v) is 10.9. The quantitative estimate of drug-likeness (QED) is 0.360. The fourth-order valence-electron chi connectivity index (χ4n) is 3.69. The fraction of sp³-hybridized carbons (Fsp3) is 0.296. The van der Waals surface area contributed by atoms with Crippen LogP contribution in [0.1, 0.15) is 37.5 Å². The number of ether oxygens (including phenoxy) is 4. The molecule has 7 heteroatoms. The van der Waals surface area contributed by atoms with E-state index in [0.717, 1.165) is 33.9 Å². The summed E-state index contributed by atoms with van der Waals surface area (Å²) >= 11 is 0. The molecule has 180 valence electrons. The van der Waals surface area contributed by atoms with Gasteiger partial charge in [-0.05, 0) is 73.9 Å². The van der Waals surface area contributed by atoms with Gasteiger partial charge in [-0.1, -0.05) is 36.4 Å². The van der Waals surface area contributed by atoms with Crippen molar-refractivity contribution in [2.24, 2.45) is 0 Å². The molecule has 0 unspecified atom stereocenters. The third-order valence-corrected chi connectivity index (χ3v) is 5.32. The molecule has 0 aliphatic carbocycles. The summed E-state index contributed by atoms with van der Waals surface area (Å²) in [4.78, 5) is 12.6. The number of hydrogen-bond acceptors (Lipinski definition) is 6. The van der Waals surface area contributed by atoms with E-state index in [4.69, 9.17) is 18.9 Å². The van der Waals surface area contributed by atoms with Crippen molar-refractivity contribution >= 4 is 6.09 Å². The lowest BCUT2D eigenvalue weighted by Gasteiger charge is -2.37. The van der Waals surface area contributed by atoms with E-state index in [0.29, 0.717) is 0 Å². The number of amides is 1. The summed E-state index contributed by atoms with van der Waals surface area (Å²) in [6.07, 6.45) is -0.590. The summed E-state index contributed by atoms with van der Waals surface area (Å²) < 4.78 is 21.6. The molecule has 0 aliphatic heterocycles. The van der Waals surface area contributed by atoms with Gasteiger partial charge in [-0.25, -0.2) is 10.2 Å². The Morgan fingerprint density at radius 3 is 1.21 bits per heavy atom. The van der Waals surface area contributed by atoms with Crippen LogP contribution in [0.2, 0.25) is 0 Å². The molecule has 0 atom stereocenters.